The lowest BCUT2D eigenvalue weighted by molar-refractivity contribution is 0.00511. The first-order valence-corrected chi connectivity index (χ1v) is 12.7. The van der Waals surface area contributed by atoms with Crippen LogP contribution in [-0.2, 0) is 11.3 Å². The first-order valence-electron chi connectivity index (χ1n) is 12.7. The van der Waals surface area contributed by atoms with Crippen molar-refractivity contribution in [2.24, 2.45) is 11.8 Å². The van der Waals surface area contributed by atoms with Gasteiger partial charge in [-0.25, -0.2) is 4.68 Å². The summed E-state index contributed by atoms with van der Waals surface area (Å²) in [4.78, 5) is 2.26. The standard InChI is InChI=1S/C29H41N3O4/c1-21(2)16-31(17-25(33)20-35-19-22(3)4)18-28-23(5)30-32(24-10-8-7-9-11-24)29(28)36-27-14-12-26(34-6)13-15-27/h7-15,21-22,25,33H,16-20H2,1-6H3/t25-/m1/s1. The molecular formula is C29H41N3O4. The Balaban J connectivity index is 1.90. The van der Waals surface area contributed by atoms with Crippen molar-refractivity contribution < 1.29 is 19.3 Å². The summed E-state index contributed by atoms with van der Waals surface area (Å²) in [5, 5.41) is 15.5. The fourth-order valence-electron chi connectivity index (χ4n) is 4.06. The summed E-state index contributed by atoms with van der Waals surface area (Å²) >= 11 is 0. The molecule has 0 radical (unpaired) electrons. The minimum atomic E-state index is -0.571. The third-order valence-electron chi connectivity index (χ3n) is 5.65. The van der Waals surface area contributed by atoms with E-state index in [1.807, 2.05) is 66.2 Å². The van der Waals surface area contributed by atoms with Crippen LogP contribution in [-0.4, -0.2) is 59.3 Å². The minimum absolute atomic E-state index is 0.324. The Morgan fingerprint density at radius 2 is 1.56 bits per heavy atom. The summed E-state index contributed by atoms with van der Waals surface area (Å²) in [7, 11) is 1.65. The van der Waals surface area contributed by atoms with Crippen LogP contribution in [0, 0.1) is 18.8 Å². The Morgan fingerprint density at radius 3 is 2.17 bits per heavy atom. The molecule has 0 saturated carbocycles. The monoisotopic (exact) mass is 495 g/mol. The Hall–Kier alpha value is -2.87. The molecule has 1 atom stereocenters. The first-order chi connectivity index (χ1) is 17.3. The van der Waals surface area contributed by atoms with E-state index in [0.717, 1.165) is 29.2 Å². The van der Waals surface area contributed by atoms with Crippen LogP contribution in [0.1, 0.15) is 39.0 Å². The molecule has 3 aromatic rings. The molecule has 7 nitrogen and oxygen atoms in total. The van der Waals surface area contributed by atoms with E-state index in [-0.39, 0.29) is 0 Å². The lowest BCUT2D eigenvalue weighted by Crippen LogP contribution is -2.37. The average molecular weight is 496 g/mol. The van der Waals surface area contributed by atoms with Gasteiger partial charge in [0.2, 0.25) is 5.88 Å². The molecule has 3 rings (SSSR count). The first kappa shape index (κ1) is 27.7. The maximum absolute atomic E-state index is 10.7. The average Bonchev–Trinajstić information content (AvgIpc) is 3.14. The van der Waals surface area contributed by atoms with Crippen molar-refractivity contribution >= 4 is 0 Å². The Kier molecular flexibility index (Phi) is 10.3. The van der Waals surface area contributed by atoms with Gasteiger partial charge in [0.25, 0.3) is 0 Å². The van der Waals surface area contributed by atoms with E-state index >= 15 is 0 Å². The lowest BCUT2D eigenvalue weighted by Gasteiger charge is -2.27. The number of hydrogen-bond acceptors (Lipinski definition) is 6. The normalized spacial score (nSPS) is 12.5. The van der Waals surface area contributed by atoms with Gasteiger partial charge in [0.15, 0.2) is 0 Å². The van der Waals surface area contributed by atoms with E-state index in [4.69, 9.17) is 19.3 Å². The fraction of sp³-hybridized carbons (Fsp3) is 0.483. The van der Waals surface area contributed by atoms with Crippen molar-refractivity contribution in [1.82, 2.24) is 14.7 Å². The second-order valence-electron chi connectivity index (χ2n) is 10.1. The molecule has 36 heavy (non-hydrogen) atoms. The van der Waals surface area contributed by atoms with Crippen LogP contribution < -0.4 is 9.47 Å². The van der Waals surface area contributed by atoms with Crippen LogP contribution in [0.2, 0.25) is 0 Å². The molecule has 2 aromatic carbocycles. The van der Waals surface area contributed by atoms with E-state index in [2.05, 4.69) is 32.6 Å². The van der Waals surface area contributed by atoms with Crippen LogP contribution in [0.15, 0.2) is 54.6 Å². The van der Waals surface area contributed by atoms with Crippen LogP contribution in [0.3, 0.4) is 0 Å². The second kappa shape index (κ2) is 13.4. The van der Waals surface area contributed by atoms with Crippen molar-refractivity contribution in [2.45, 2.75) is 47.3 Å². The maximum atomic E-state index is 10.7. The molecule has 0 aliphatic rings. The van der Waals surface area contributed by atoms with Gasteiger partial charge >= 0.3 is 0 Å². The van der Waals surface area contributed by atoms with Crippen molar-refractivity contribution in [3.8, 4) is 23.1 Å². The SMILES string of the molecule is COc1ccc(Oc2c(CN(CC(C)C)C[C@@H](O)COCC(C)C)c(C)nn2-c2ccccc2)cc1. The van der Waals surface area contributed by atoms with Gasteiger partial charge < -0.3 is 19.3 Å². The number of aromatic nitrogens is 2. The number of hydrogen-bond donors (Lipinski definition) is 1. The summed E-state index contributed by atoms with van der Waals surface area (Å²) in [6, 6.07) is 17.5. The molecule has 1 N–H and O–H groups in total. The summed E-state index contributed by atoms with van der Waals surface area (Å²) in [6.07, 6.45) is -0.571. The smallest absolute Gasteiger partial charge is 0.227 e. The van der Waals surface area contributed by atoms with E-state index in [1.165, 1.54) is 0 Å². The van der Waals surface area contributed by atoms with E-state index in [1.54, 1.807) is 7.11 Å². The highest BCUT2D eigenvalue weighted by Crippen LogP contribution is 2.32. The number of nitrogens with zero attached hydrogens (tertiary/aromatic N) is 3. The number of aliphatic hydroxyl groups is 1. The van der Waals surface area contributed by atoms with Crippen molar-refractivity contribution in [3.05, 3.63) is 65.9 Å². The maximum Gasteiger partial charge on any atom is 0.227 e. The van der Waals surface area contributed by atoms with Crippen molar-refractivity contribution in [2.75, 3.05) is 33.4 Å². The predicted octanol–water partition coefficient (Wildman–Crippen LogP) is 5.47. The van der Waals surface area contributed by atoms with Crippen LogP contribution >= 0.6 is 0 Å². The highest BCUT2D eigenvalue weighted by atomic mass is 16.5. The van der Waals surface area contributed by atoms with E-state index in [9.17, 15) is 5.11 Å². The van der Waals surface area contributed by atoms with Crippen molar-refractivity contribution in [3.63, 3.8) is 0 Å². The third kappa shape index (κ3) is 8.08. The molecule has 0 saturated heterocycles. The quantitative estimate of drug-likeness (QED) is 0.320. The highest BCUT2D eigenvalue weighted by Gasteiger charge is 2.23. The largest absolute Gasteiger partial charge is 0.497 e. The fourth-order valence-corrected chi connectivity index (χ4v) is 4.06. The Labute approximate surface area is 215 Å². The van der Waals surface area contributed by atoms with Crippen molar-refractivity contribution in [1.29, 1.82) is 0 Å². The molecule has 1 heterocycles. The summed E-state index contributed by atoms with van der Waals surface area (Å²) in [6.45, 7) is 13.5. The summed E-state index contributed by atoms with van der Waals surface area (Å²) in [5.74, 6) is 3.01. The van der Waals surface area contributed by atoms with Gasteiger partial charge in [0.1, 0.15) is 11.5 Å². The lowest BCUT2D eigenvalue weighted by atomic mass is 10.1. The number of para-hydroxylation sites is 1. The van der Waals surface area contributed by atoms with Gasteiger partial charge in [-0.05, 0) is 55.2 Å². The minimum Gasteiger partial charge on any atom is -0.497 e. The molecule has 7 heteroatoms. The zero-order valence-electron chi connectivity index (χ0n) is 22.5. The molecule has 0 aliphatic carbocycles. The second-order valence-corrected chi connectivity index (χ2v) is 10.1. The number of methoxy groups -OCH3 is 1. The van der Waals surface area contributed by atoms with E-state index in [0.29, 0.717) is 49.8 Å². The van der Waals surface area contributed by atoms with Gasteiger partial charge in [0, 0.05) is 26.2 Å². The number of benzene rings is 2. The van der Waals surface area contributed by atoms with Gasteiger partial charge in [-0.1, -0.05) is 45.9 Å². The number of rotatable bonds is 14. The van der Waals surface area contributed by atoms with Gasteiger partial charge in [-0.3, -0.25) is 4.90 Å². The number of ether oxygens (including phenoxy) is 3. The summed E-state index contributed by atoms with van der Waals surface area (Å²) in [5.41, 5.74) is 2.81. The number of aliphatic hydroxyl groups excluding tert-OH is 1. The molecule has 0 amide bonds. The molecule has 0 unspecified atom stereocenters. The van der Waals surface area contributed by atoms with E-state index < -0.39 is 6.10 Å². The zero-order valence-corrected chi connectivity index (χ0v) is 22.5. The molecule has 0 bridgehead atoms. The molecule has 1 aromatic heterocycles. The Bertz CT molecular complexity index is 1050. The number of aryl methyl sites for hydroxylation is 1. The molecule has 0 aliphatic heterocycles. The van der Waals surface area contributed by atoms with Gasteiger partial charge in [-0.15, -0.1) is 0 Å². The molecule has 0 spiro atoms. The molecule has 0 fully saturated rings. The zero-order chi connectivity index (χ0) is 26.1. The summed E-state index contributed by atoms with van der Waals surface area (Å²) < 4.78 is 19.3. The molecular weight excluding hydrogens is 454 g/mol. The topological polar surface area (TPSA) is 69.0 Å². The van der Waals surface area contributed by atoms with Crippen LogP contribution in [0.5, 0.6) is 17.4 Å². The van der Waals surface area contributed by atoms with Crippen LogP contribution in [0.4, 0.5) is 0 Å². The molecule has 196 valence electrons. The predicted molar refractivity (Wildman–Crippen MR) is 143 cm³/mol. The third-order valence-corrected chi connectivity index (χ3v) is 5.65. The Morgan fingerprint density at radius 1 is 0.889 bits per heavy atom. The van der Waals surface area contributed by atoms with Crippen LogP contribution in [0.25, 0.3) is 5.69 Å². The highest BCUT2D eigenvalue weighted by molar-refractivity contribution is 5.44. The van der Waals surface area contributed by atoms with Gasteiger partial charge in [-0.2, -0.15) is 5.10 Å². The van der Waals surface area contributed by atoms with Gasteiger partial charge in [0.05, 0.1) is 36.8 Å².